The number of hydrogen-bond donors (Lipinski definition) is 0. The third-order valence-electron chi connectivity index (χ3n) is 6.70. The summed E-state index contributed by atoms with van der Waals surface area (Å²) in [5.41, 5.74) is 5.45. The summed E-state index contributed by atoms with van der Waals surface area (Å²) in [5.74, 6) is 1.63. The van der Waals surface area contributed by atoms with Gasteiger partial charge in [0, 0.05) is 32.2 Å². The first kappa shape index (κ1) is 20.1. The number of piperazine rings is 1. The maximum Gasteiger partial charge on any atom is 0.161 e. The monoisotopic (exact) mass is 414 g/mol. The summed E-state index contributed by atoms with van der Waals surface area (Å²) in [6.07, 6.45) is 1.03. The molecule has 2 atom stereocenters. The molecule has 1 saturated heterocycles. The van der Waals surface area contributed by atoms with Crippen molar-refractivity contribution >= 4 is 0 Å². The van der Waals surface area contributed by atoms with Gasteiger partial charge in [-0.2, -0.15) is 0 Å². The molecule has 2 aliphatic rings. The van der Waals surface area contributed by atoms with E-state index in [-0.39, 0.29) is 6.04 Å². The summed E-state index contributed by atoms with van der Waals surface area (Å²) in [5, 5.41) is 0. The minimum Gasteiger partial charge on any atom is -0.493 e. The first-order valence-electron chi connectivity index (χ1n) is 11.1. The third-order valence-corrected chi connectivity index (χ3v) is 6.70. The van der Waals surface area contributed by atoms with Gasteiger partial charge in [0.15, 0.2) is 11.5 Å². The quantitative estimate of drug-likeness (QED) is 0.612. The predicted octanol–water partition coefficient (Wildman–Crippen LogP) is 4.54. The minimum atomic E-state index is 0.244. The van der Waals surface area contributed by atoms with Crippen LogP contribution in [0.5, 0.6) is 11.5 Å². The molecule has 0 radical (unpaired) electrons. The van der Waals surface area contributed by atoms with Crippen LogP contribution in [0.4, 0.5) is 0 Å². The van der Waals surface area contributed by atoms with Crippen LogP contribution in [0.2, 0.25) is 0 Å². The molecule has 0 saturated carbocycles. The van der Waals surface area contributed by atoms with Crippen molar-refractivity contribution < 1.29 is 9.47 Å². The fourth-order valence-electron chi connectivity index (χ4n) is 5.25. The standard InChI is InChI=1S/C27H30N2O2/c1-30-25-16-22-15-23-19-28(18-20-9-5-3-6-10-20)13-14-29(23)27(21-11-7-4-8-12-21)24(22)17-26(25)31-2/h3-12,16-17,23,27H,13-15,18-19H2,1-2H3. The summed E-state index contributed by atoms with van der Waals surface area (Å²) in [6, 6.07) is 26.8. The fraction of sp³-hybridized carbons (Fsp3) is 0.333. The molecule has 5 rings (SSSR count). The van der Waals surface area contributed by atoms with Gasteiger partial charge in [-0.25, -0.2) is 0 Å². The van der Waals surface area contributed by atoms with Crippen LogP contribution >= 0.6 is 0 Å². The second-order valence-corrected chi connectivity index (χ2v) is 8.54. The second-order valence-electron chi connectivity index (χ2n) is 8.54. The van der Waals surface area contributed by atoms with Crippen molar-refractivity contribution in [3.05, 3.63) is 95.1 Å². The Hall–Kier alpha value is -2.82. The molecule has 0 bridgehead atoms. The summed E-state index contributed by atoms with van der Waals surface area (Å²) >= 11 is 0. The van der Waals surface area contributed by atoms with Crippen molar-refractivity contribution in [1.82, 2.24) is 9.80 Å². The van der Waals surface area contributed by atoms with Gasteiger partial charge in [0.1, 0.15) is 0 Å². The SMILES string of the molecule is COc1cc2c(cc1OC)C(c1ccccc1)N1CCN(Cc3ccccc3)CC1C2. The van der Waals surface area contributed by atoms with E-state index in [0.29, 0.717) is 6.04 Å². The van der Waals surface area contributed by atoms with E-state index in [4.69, 9.17) is 9.47 Å². The van der Waals surface area contributed by atoms with Crippen molar-refractivity contribution in [3.8, 4) is 11.5 Å². The van der Waals surface area contributed by atoms with E-state index in [1.165, 1.54) is 22.3 Å². The number of nitrogens with zero attached hydrogens (tertiary/aromatic N) is 2. The zero-order valence-electron chi connectivity index (χ0n) is 18.3. The molecule has 3 aromatic carbocycles. The molecular formula is C27H30N2O2. The van der Waals surface area contributed by atoms with Crippen molar-refractivity contribution in [2.75, 3.05) is 33.9 Å². The van der Waals surface area contributed by atoms with Crippen LogP contribution < -0.4 is 9.47 Å². The number of rotatable bonds is 5. The molecule has 4 heteroatoms. The summed E-state index contributed by atoms with van der Waals surface area (Å²) in [4.78, 5) is 5.30. The Labute approximate surface area is 185 Å². The smallest absolute Gasteiger partial charge is 0.161 e. The highest BCUT2D eigenvalue weighted by Crippen LogP contribution is 2.43. The summed E-state index contributed by atoms with van der Waals surface area (Å²) in [7, 11) is 3.44. The van der Waals surface area contributed by atoms with Gasteiger partial charge in [-0.1, -0.05) is 60.7 Å². The highest BCUT2D eigenvalue weighted by atomic mass is 16.5. The average Bonchev–Trinajstić information content (AvgIpc) is 2.82. The van der Waals surface area contributed by atoms with Crippen molar-refractivity contribution in [1.29, 1.82) is 0 Å². The number of benzene rings is 3. The normalized spacial score (nSPS) is 21.2. The Bertz CT molecular complexity index is 1020. The third kappa shape index (κ3) is 3.93. The molecule has 2 unspecified atom stereocenters. The molecule has 0 N–H and O–H groups in total. The Balaban J connectivity index is 1.50. The minimum absolute atomic E-state index is 0.244. The van der Waals surface area contributed by atoms with Gasteiger partial charge in [0.25, 0.3) is 0 Å². The molecule has 2 aliphatic heterocycles. The van der Waals surface area contributed by atoms with Crippen molar-refractivity contribution in [2.45, 2.75) is 25.0 Å². The number of methoxy groups -OCH3 is 2. The van der Waals surface area contributed by atoms with E-state index >= 15 is 0 Å². The Morgan fingerprint density at radius 1 is 0.839 bits per heavy atom. The fourth-order valence-corrected chi connectivity index (χ4v) is 5.25. The van der Waals surface area contributed by atoms with Crippen LogP contribution in [0.3, 0.4) is 0 Å². The molecule has 0 amide bonds. The molecule has 31 heavy (non-hydrogen) atoms. The zero-order chi connectivity index (χ0) is 21.2. The van der Waals surface area contributed by atoms with Gasteiger partial charge >= 0.3 is 0 Å². The largest absolute Gasteiger partial charge is 0.493 e. The number of ether oxygens (including phenoxy) is 2. The van der Waals surface area contributed by atoms with Crippen molar-refractivity contribution in [3.63, 3.8) is 0 Å². The molecule has 1 fully saturated rings. The molecule has 0 spiro atoms. The predicted molar refractivity (Wildman–Crippen MR) is 124 cm³/mol. The van der Waals surface area contributed by atoms with Crippen LogP contribution in [0, 0.1) is 0 Å². The Morgan fingerprint density at radius 3 is 2.23 bits per heavy atom. The first-order chi connectivity index (χ1) is 15.3. The lowest BCUT2D eigenvalue weighted by molar-refractivity contribution is 0.0395. The molecule has 0 aliphatic carbocycles. The number of fused-ring (bicyclic) bond motifs is 2. The van der Waals surface area contributed by atoms with Gasteiger partial charge in [-0.15, -0.1) is 0 Å². The van der Waals surface area contributed by atoms with Crippen LogP contribution in [-0.4, -0.2) is 49.7 Å². The molecule has 160 valence electrons. The molecular weight excluding hydrogens is 384 g/mol. The summed E-state index contributed by atoms with van der Waals surface area (Å²) < 4.78 is 11.3. The Kier molecular flexibility index (Phi) is 5.66. The van der Waals surface area contributed by atoms with Gasteiger partial charge in [0.2, 0.25) is 0 Å². The maximum absolute atomic E-state index is 5.65. The lowest BCUT2D eigenvalue weighted by atomic mass is 9.83. The molecule has 3 aromatic rings. The highest BCUT2D eigenvalue weighted by Gasteiger charge is 2.39. The van der Waals surface area contributed by atoms with E-state index < -0.39 is 0 Å². The topological polar surface area (TPSA) is 24.9 Å². The van der Waals surface area contributed by atoms with E-state index in [1.54, 1.807) is 14.2 Å². The maximum atomic E-state index is 5.65. The molecule has 2 heterocycles. The van der Waals surface area contributed by atoms with Gasteiger partial charge < -0.3 is 9.47 Å². The van der Waals surface area contributed by atoms with E-state index in [1.807, 2.05) is 0 Å². The van der Waals surface area contributed by atoms with Crippen LogP contribution in [0.1, 0.15) is 28.3 Å². The first-order valence-corrected chi connectivity index (χ1v) is 11.1. The van der Waals surface area contributed by atoms with Gasteiger partial charge in [-0.05, 0) is 40.8 Å². The molecule has 4 nitrogen and oxygen atoms in total. The lowest BCUT2D eigenvalue weighted by Crippen LogP contribution is -2.56. The number of hydrogen-bond acceptors (Lipinski definition) is 4. The van der Waals surface area contributed by atoms with E-state index in [9.17, 15) is 0 Å². The zero-order valence-corrected chi connectivity index (χ0v) is 18.3. The van der Waals surface area contributed by atoms with Crippen LogP contribution in [0.25, 0.3) is 0 Å². The van der Waals surface area contributed by atoms with E-state index in [0.717, 1.165) is 44.1 Å². The second kappa shape index (κ2) is 8.74. The van der Waals surface area contributed by atoms with E-state index in [2.05, 4.69) is 82.6 Å². The van der Waals surface area contributed by atoms with Crippen LogP contribution in [0.15, 0.2) is 72.8 Å². The average molecular weight is 415 g/mol. The highest BCUT2D eigenvalue weighted by molar-refractivity contribution is 5.52. The lowest BCUT2D eigenvalue weighted by Gasteiger charge is -2.49. The summed E-state index contributed by atoms with van der Waals surface area (Å²) in [6.45, 7) is 4.23. The van der Waals surface area contributed by atoms with Gasteiger partial charge in [-0.3, -0.25) is 9.80 Å². The molecule has 0 aromatic heterocycles. The van der Waals surface area contributed by atoms with Crippen LogP contribution in [-0.2, 0) is 13.0 Å². The van der Waals surface area contributed by atoms with Gasteiger partial charge in [0.05, 0.1) is 20.3 Å². The van der Waals surface area contributed by atoms with Crippen molar-refractivity contribution in [2.24, 2.45) is 0 Å². The Morgan fingerprint density at radius 2 is 1.52 bits per heavy atom.